The van der Waals surface area contributed by atoms with E-state index in [2.05, 4.69) is 36.6 Å². The molecular weight excluding hydrogens is 244 g/mol. The van der Waals surface area contributed by atoms with E-state index in [1.54, 1.807) is 11.3 Å². The molecule has 1 aliphatic rings. The minimum atomic E-state index is -0.00985. The molecule has 0 aliphatic carbocycles. The van der Waals surface area contributed by atoms with E-state index in [9.17, 15) is 4.79 Å². The molecule has 0 aromatic carbocycles. The maximum absolute atomic E-state index is 12.1. The number of nitrogens with one attached hydrogen (secondary N) is 2. The van der Waals surface area contributed by atoms with E-state index in [1.807, 2.05) is 0 Å². The minimum absolute atomic E-state index is 0.00985. The zero-order valence-corrected chi connectivity index (χ0v) is 12.0. The van der Waals surface area contributed by atoms with Gasteiger partial charge in [0, 0.05) is 9.75 Å². The molecule has 0 bridgehead atoms. The lowest BCUT2D eigenvalue weighted by atomic mass is 9.92. The lowest BCUT2D eigenvalue weighted by Crippen LogP contribution is -2.50. The van der Waals surface area contributed by atoms with Gasteiger partial charge in [-0.15, -0.1) is 11.3 Å². The van der Waals surface area contributed by atoms with Crippen LogP contribution in [0.5, 0.6) is 0 Å². The molecule has 2 atom stereocenters. The SMILES string of the molecule is CCc1ccc(CNC(=O)C2NCCCC2C)s1. The third kappa shape index (κ3) is 3.33. The number of aryl methyl sites for hydroxylation is 1. The Hall–Kier alpha value is -0.870. The number of thiophene rings is 1. The van der Waals surface area contributed by atoms with Crippen LogP contribution in [0.25, 0.3) is 0 Å². The highest BCUT2D eigenvalue weighted by Gasteiger charge is 2.26. The van der Waals surface area contributed by atoms with Crippen molar-refractivity contribution in [3.05, 3.63) is 21.9 Å². The van der Waals surface area contributed by atoms with Crippen molar-refractivity contribution >= 4 is 17.2 Å². The van der Waals surface area contributed by atoms with Crippen molar-refractivity contribution in [1.29, 1.82) is 0 Å². The molecule has 0 saturated carbocycles. The van der Waals surface area contributed by atoms with Gasteiger partial charge in [0.05, 0.1) is 12.6 Å². The van der Waals surface area contributed by atoms with Crippen LogP contribution in [0.15, 0.2) is 12.1 Å². The second-order valence-electron chi connectivity index (χ2n) is 4.99. The van der Waals surface area contributed by atoms with Gasteiger partial charge in [-0.25, -0.2) is 0 Å². The molecule has 2 N–H and O–H groups in total. The molecule has 1 aromatic heterocycles. The molecule has 4 heteroatoms. The molecule has 3 nitrogen and oxygen atoms in total. The van der Waals surface area contributed by atoms with Gasteiger partial charge in [0.15, 0.2) is 0 Å². The molecule has 1 fully saturated rings. The number of rotatable bonds is 4. The lowest BCUT2D eigenvalue weighted by molar-refractivity contribution is -0.125. The highest BCUT2D eigenvalue weighted by Crippen LogP contribution is 2.18. The van der Waals surface area contributed by atoms with Crippen molar-refractivity contribution in [2.24, 2.45) is 5.92 Å². The second kappa shape index (κ2) is 6.34. The van der Waals surface area contributed by atoms with Gasteiger partial charge in [-0.2, -0.15) is 0 Å². The van der Waals surface area contributed by atoms with Gasteiger partial charge in [0.2, 0.25) is 5.91 Å². The molecule has 18 heavy (non-hydrogen) atoms. The first-order valence-electron chi connectivity index (χ1n) is 6.79. The van der Waals surface area contributed by atoms with E-state index < -0.39 is 0 Å². The average Bonchev–Trinajstić information content (AvgIpc) is 2.84. The fourth-order valence-electron chi connectivity index (χ4n) is 2.39. The summed E-state index contributed by atoms with van der Waals surface area (Å²) >= 11 is 1.79. The van der Waals surface area contributed by atoms with Crippen LogP contribution in [0.3, 0.4) is 0 Å². The maximum atomic E-state index is 12.1. The Balaban J connectivity index is 1.83. The van der Waals surface area contributed by atoms with Crippen molar-refractivity contribution in [2.75, 3.05) is 6.54 Å². The minimum Gasteiger partial charge on any atom is -0.350 e. The fraction of sp³-hybridized carbons (Fsp3) is 0.643. The summed E-state index contributed by atoms with van der Waals surface area (Å²) in [6.07, 6.45) is 3.39. The van der Waals surface area contributed by atoms with Gasteiger partial charge in [0.1, 0.15) is 0 Å². The highest BCUT2D eigenvalue weighted by molar-refractivity contribution is 7.11. The summed E-state index contributed by atoms with van der Waals surface area (Å²) in [5, 5.41) is 6.36. The zero-order valence-electron chi connectivity index (χ0n) is 11.2. The molecule has 0 spiro atoms. The Morgan fingerprint density at radius 1 is 1.50 bits per heavy atom. The van der Waals surface area contributed by atoms with Gasteiger partial charge in [-0.1, -0.05) is 13.8 Å². The molecular formula is C14H22N2OS. The van der Waals surface area contributed by atoms with Gasteiger partial charge < -0.3 is 10.6 Å². The van der Waals surface area contributed by atoms with Gasteiger partial charge in [0.25, 0.3) is 0 Å². The zero-order chi connectivity index (χ0) is 13.0. The van der Waals surface area contributed by atoms with Crippen LogP contribution in [0, 0.1) is 5.92 Å². The highest BCUT2D eigenvalue weighted by atomic mass is 32.1. The van der Waals surface area contributed by atoms with E-state index in [0.717, 1.165) is 19.4 Å². The van der Waals surface area contributed by atoms with E-state index in [-0.39, 0.29) is 11.9 Å². The average molecular weight is 266 g/mol. The Bertz CT molecular complexity index is 402. The standard InChI is InChI=1S/C14H22N2OS/c1-3-11-6-7-12(18-11)9-16-14(17)13-10(2)5-4-8-15-13/h6-7,10,13,15H,3-5,8-9H2,1-2H3,(H,16,17). The molecule has 100 valence electrons. The monoisotopic (exact) mass is 266 g/mol. The summed E-state index contributed by atoms with van der Waals surface area (Å²) in [6.45, 7) is 5.92. The van der Waals surface area contributed by atoms with E-state index in [1.165, 1.54) is 16.2 Å². The van der Waals surface area contributed by atoms with Crippen molar-refractivity contribution in [2.45, 2.75) is 45.7 Å². The Kier molecular flexibility index (Phi) is 4.78. The maximum Gasteiger partial charge on any atom is 0.237 e. The molecule has 1 aromatic rings. The van der Waals surface area contributed by atoms with Crippen molar-refractivity contribution in [3.63, 3.8) is 0 Å². The largest absolute Gasteiger partial charge is 0.350 e. The number of carbonyl (C=O) groups is 1. The first kappa shape index (κ1) is 13.6. The second-order valence-corrected chi connectivity index (χ2v) is 6.24. The number of amides is 1. The van der Waals surface area contributed by atoms with Crippen molar-refractivity contribution in [1.82, 2.24) is 10.6 Å². The summed E-state index contributed by atoms with van der Waals surface area (Å²) in [5.74, 6) is 0.585. The predicted molar refractivity (Wildman–Crippen MR) is 75.7 cm³/mol. The number of hydrogen-bond donors (Lipinski definition) is 2. The van der Waals surface area contributed by atoms with Crippen molar-refractivity contribution in [3.8, 4) is 0 Å². The quantitative estimate of drug-likeness (QED) is 0.878. The van der Waals surface area contributed by atoms with Crippen LogP contribution in [0.1, 0.15) is 36.4 Å². The number of hydrogen-bond acceptors (Lipinski definition) is 3. The Labute approximate surface area is 113 Å². The Morgan fingerprint density at radius 2 is 2.28 bits per heavy atom. The fourth-order valence-corrected chi connectivity index (χ4v) is 3.29. The van der Waals surface area contributed by atoms with Crippen LogP contribution in [-0.4, -0.2) is 18.5 Å². The topological polar surface area (TPSA) is 41.1 Å². The van der Waals surface area contributed by atoms with E-state index >= 15 is 0 Å². The molecule has 1 aliphatic heterocycles. The molecule has 2 unspecified atom stereocenters. The van der Waals surface area contributed by atoms with Gasteiger partial charge in [-0.05, 0) is 43.9 Å². The molecule has 1 amide bonds. The summed E-state index contributed by atoms with van der Waals surface area (Å²) in [4.78, 5) is 14.7. The van der Waals surface area contributed by atoms with Gasteiger partial charge in [-0.3, -0.25) is 4.79 Å². The lowest BCUT2D eigenvalue weighted by Gasteiger charge is -2.28. The first-order valence-corrected chi connectivity index (χ1v) is 7.61. The normalized spacial score (nSPS) is 23.9. The first-order chi connectivity index (χ1) is 8.70. The Morgan fingerprint density at radius 3 is 2.94 bits per heavy atom. The summed E-state index contributed by atoms with van der Waals surface area (Å²) in [6, 6.07) is 4.25. The van der Waals surface area contributed by atoms with Gasteiger partial charge >= 0.3 is 0 Å². The molecule has 2 rings (SSSR count). The smallest absolute Gasteiger partial charge is 0.237 e. The molecule has 2 heterocycles. The molecule has 0 radical (unpaired) electrons. The summed E-state index contributed by atoms with van der Waals surface area (Å²) < 4.78 is 0. The number of carbonyl (C=O) groups excluding carboxylic acids is 1. The van der Waals surface area contributed by atoms with Crippen LogP contribution in [-0.2, 0) is 17.8 Å². The predicted octanol–water partition coefficient (Wildman–Crippen LogP) is 2.31. The van der Waals surface area contributed by atoms with Crippen LogP contribution >= 0.6 is 11.3 Å². The summed E-state index contributed by atoms with van der Waals surface area (Å²) in [5.41, 5.74) is 0. The van der Waals surface area contributed by atoms with E-state index in [0.29, 0.717) is 12.5 Å². The van der Waals surface area contributed by atoms with Crippen LogP contribution in [0.4, 0.5) is 0 Å². The van der Waals surface area contributed by atoms with E-state index in [4.69, 9.17) is 0 Å². The third-order valence-corrected chi connectivity index (χ3v) is 4.78. The van der Waals surface area contributed by atoms with Crippen LogP contribution in [0.2, 0.25) is 0 Å². The third-order valence-electron chi connectivity index (χ3n) is 3.55. The van der Waals surface area contributed by atoms with Crippen molar-refractivity contribution < 1.29 is 4.79 Å². The molecule has 1 saturated heterocycles. The van der Waals surface area contributed by atoms with Crippen LogP contribution < -0.4 is 10.6 Å². The number of piperidine rings is 1. The summed E-state index contributed by atoms with van der Waals surface area (Å²) in [7, 11) is 0.